The lowest BCUT2D eigenvalue weighted by Gasteiger charge is -2.12. The van der Waals surface area contributed by atoms with Crippen LogP contribution in [-0.2, 0) is 15.8 Å². The van der Waals surface area contributed by atoms with Crippen LogP contribution in [0.15, 0.2) is 34.3 Å². The number of benzene rings is 1. The normalized spacial score (nSPS) is 12.2. The molecule has 0 spiro atoms. The van der Waals surface area contributed by atoms with E-state index in [1.807, 2.05) is 26.8 Å². The van der Waals surface area contributed by atoms with Crippen molar-refractivity contribution in [1.82, 2.24) is 23.9 Å². The van der Waals surface area contributed by atoms with Gasteiger partial charge in [0.25, 0.3) is 5.78 Å². The number of aromatic nitrogens is 4. The van der Waals surface area contributed by atoms with Crippen LogP contribution in [0.5, 0.6) is 0 Å². The largest absolute Gasteiger partial charge is 0.253 e. The summed E-state index contributed by atoms with van der Waals surface area (Å²) in [6.45, 7) is 5.97. The molecule has 0 saturated carbocycles. The van der Waals surface area contributed by atoms with E-state index in [-0.39, 0.29) is 4.90 Å². The van der Waals surface area contributed by atoms with Gasteiger partial charge in [0.05, 0.1) is 4.90 Å². The van der Waals surface area contributed by atoms with Crippen LogP contribution in [0.3, 0.4) is 0 Å². The number of sulfonamides is 1. The van der Waals surface area contributed by atoms with Gasteiger partial charge in [-0.25, -0.2) is 22.2 Å². The molecular formula is C17H21N5O2S2. The smallest absolute Gasteiger partial charge is 0.216 e. The molecule has 0 aliphatic carbocycles. The summed E-state index contributed by atoms with van der Waals surface area (Å²) in [5.41, 5.74) is 3.96. The molecule has 0 aliphatic heterocycles. The lowest BCUT2D eigenvalue weighted by molar-refractivity contribution is 0.520. The molecule has 0 unspecified atom stereocenters. The first-order valence-electron chi connectivity index (χ1n) is 8.05. The van der Waals surface area contributed by atoms with Gasteiger partial charge >= 0.3 is 0 Å². The average Bonchev–Trinajstić information content (AvgIpc) is 3.01. The molecule has 0 saturated heterocycles. The fraction of sp³-hybridized carbons (Fsp3) is 0.353. The predicted octanol–water partition coefficient (Wildman–Crippen LogP) is 2.59. The second kappa shape index (κ2) is 6.98. The fourth-order valence-electron chi connectivity index (χ4n) is 2.45. The zero-order chi connectivity index (χ0) is 19.1. The minimum Gasteiger partial charge on any atom is -0.216 e. The Labute approximate surface area is 157 Å². The first-order chi connectivity index (χ1) is 12.2. The van der Waals surface area contributed by atoms with Crippen LogP contribution in [0, 0.1) is 20.8 Å². The van der Waals surface area contributed by atoms with Crippen LogP contribution in [-0.4, -0.2) is 46.4 Å². The number of aryl methyl sites for hydroxylation is 2. The molecule has 9 heteroatoms. The van der Waals surface area contributed by atoms with Gasteiger partial charge in [-0.15, -0.1) is 5.10 Å². The molecule has 0 amide bonds. The summed E-state index contributed by atoms with van der Waals surface area (Å²) < 4.78 is 27.5. The van der Waals surface area contributed by atoms with Crippen molar-refractivity contribution in [1.29, 1.82) is 0 Å². The molecule has 2 aromatic heterocycles. The highest BCUT2D eigenvalue weighted by Gasteiger charge is 2.17. The highest BCUT2D eigenvalue weighted by molar-refractivity contribution is 7.98. The van der Waals surface area contributed by atoms with Gasteiger partial charge in [-0.1, -0.05) is 23.9 Å². The standard InChI is InChI=1S/C17H21N5O2S2/c1-11-12(2)18-16-19-17(20-22(16)13(11)3)25-10-14-7-6-8-15(9-14)26(23,24)21(4)5/h6-9H,10H2,1-5H3. The van der Waals surface area contributed by atoms with Gasteiger partial charge in [0, 0.05) is 31.2 Å². The number of rotatable bonds is 5. The molecule has 7 nitrogen and oxygen atoms in total. The third kappa shape index (κ3) is 3.46. The summed E-state index contributed by atoms with van der Waals surface area (Å²) in [5, 5.41) is 5.13. The van der Waals surface area contributed by atoms with Gasteiger partial charge in [-0.3, -0.25) is 0 Å². The molecule has 138 valence electrons. The van der Waals surface area contributed by atoms with Crippen molar-refractivity contribution in [2.24, 2.45) is 0 Å². The minimum atomic E-state index is -3.44. The molecule has 3 aromatic rings. The van der Waals surface area contributed by atoms with Crippen molar-refractivity contribution in [2.75, 3.05) is 14.1 Å². The Morgan fingerprint density at radius 2 is 1.88 bits per heavy atom. The Bertz CT molecular complexity index is 1070. The summed E-state index contributed by atoms with van der Waals surface area (Å²) in [4.78, 5) is 9.22. The van der Waals surface area contributed by atoms with Crippen LogP contribution in [0.2, 0.25) is 0 Å². The molecular weight excluding hydrogens is 370 g/mol. The molecule has 0 atom stereocenters. The second-order valence-electron chi connectivity index (χ2n) is 6.24. The Kier molecular flexibility index (Phi) is 5.05. The zero-order valence-electron chi connectivity index (χ0n) is 15.4. The molecule has 26 heavy (non-hydrogen) atoms. The average molecular weight is 392 g/mol. The number of hydrogen-bond donors (Lipinski definition) is 0. The summed E-state index contributed by atoms with van der Waals surface area (Å²) in [5.74, 6) is 1.15. The summed E-state index contributed by atoms with van der Waals surface area (Å²) >= 11 is 1.46. The molecule has 0 aliphatic rings. The Hall–Kier alpha value is -1.97. The van der Waals surface area contributed by atoms with Crippen LogP contribution < -0.4 is 0 Å². The number of fused-ring (bicyclic) bond motifs is 1. The van der Waals surface area contributed by atoms with E-state index in [9.17, 15) is 8.42 Å². The lowest BCUT2D eigenvalue weighted by Crippen LogP contribution is -2.22. The SMILES string of the molecule is Cc1nc2nc(SCc3cccc(S(=O)(=O)N(C)C)c3)nn2c(C)c1C. The number of thioether (sulfide) groups is 1. The van der Waals surface area contributed by atoms with E-state index in [2.05, 4.69) is 15.1 Å². The highest BCUT2D eigenvalue weighted by atomic mass is 32.2. The van der Waals surface area contributed by atoms with E-state index < -0.39 is 10.0 Å². The van der Waals surface area contributed by atoms with Crippen molar-refractivity contribution in [2.45, 2.75) is 36.6 Å². The predicted molar refractivity (Wildman–Crippen MR) is 102 cm³/mol. The van der Waals surface area contributed by atoms with E-state index in [0.29, 0.717) is 16.7 Å². The topological polar surface area (TPSA) is 80.5 Å². The fourth-order valence-corrected chi connectivity index (χ4v) is 4.19. The summed E-state index contributed by atoms with van der Waals surface area (Å²) in [6.07, 6.45) is 0. The Balaban J connectivity index is 1.84. The van der Waals surface area contributed by atoms with Crippen LogP contribution in [0.1, 0.15) is 22.5 Å². The molecule has 0 fully saturated rings. The van der Waals surface area contributed by atoms with Crippen LogP contribution in [0.4, 0.5) is 0 Å². The van der Waals surface area contributed by atoms with Gasteiger partial charge in [0.1, 0.15) is 0 Å². The summed E-state index contributed by atoms with van der Waals surface area (Å²) in [7, 11) is -0.390. The number of hydrogen-bond acceptors (Lipinski definition) is 6. The van der Waals surface area contributed by atoms with Gasteiger partial charge in [-0.2, -0.15) is 4.98 Å². The zero-order valence-corrected chi connectivity index (χ0v) is 17.0. The maximum Gasteiger partial charge on any atom is 0.253 e. The van der Waals surface area contributed by atoms with E-state index in [4.69, 9.17) is 0 Å². The third-order valence-corrected chi connectivity index (χ3v) is 7.01. The molecule has 0 bridgehead atoms. The van der Waals surface area contributed by atoms with Crippen molar-refractivity contribution in [3.63, 3.8) is 0 Å². The van der Waals surface area contributed by atoms with E-state index in [1.165, 1.54) is 30.2 Å². The molecule has 2 heterocycles. The van der Waals surface area contributed by atoms with Crippen molar-refractivity contribution < 1.29 is 8.42 Å². The maximum absolute atomic E-state index is 12.3. The minimum absolute atomic E-state index is 0.285. The lowest BCUT2D eigenvalue weighted by atomic mass is 10.2. The number of nitrogens with zero attached hydrogens (tertiary/aromatic N) is 5. The van der Waals surface area contributed by atoms with Crippen LogP contribution >= 0.6 is 11.8 Å². The van der Waals surface area contributed by atoms with Gasteiger partial charge in [0.2, 0.25) is 15.2 Å². The van der Waals surface area contributed by atoms with Crippen LogP contribution in [0.25, 0.3) is 5.78 Å². The van der Waals surface area contributed by atoms with Crippen molar-refractivity contribution >= 4 is 27.6 Å². The Morgan fingerprint density at radius 3 is 2.58 bits per heavy atom. The quantitative estimate of drug-likeness (QED) is 0.622. The van der Waals surface area contributed by atoms with E-state index >= 15 is 0 Å². The van der Waals surface area contributed by atoms with Gasteiger partial charge in [0.15, 0.2) is 0 Å². The monoisotopic (exact) mass is 391 g/mol. The van der Waals surface area contributed by atoms with Gasteiger partial charge in [-0.05, 0) is 44.0 Å². The maximum atomic E-state index is 12.3. The second-order valence-corrected chi connectivity index (χ2v) is 9.33. The third-order valence-electron chi connectivity index (χ3n) is 4.29. The van der Waals surface area contributed by atoms with Crippen molar-refractivity contribution in [3.8, 4) is 0 Å². The molecule has 0 N–H and O–H groups in total. The molecule has 1 aromatic carbocycles. The van der Waals surface area contributed by atoms with E-state index in [0.717, 1.165) is 22.5 Å². The molecule has 3 rings (SSSR count). The van der Waals surface area contributed by atoms with Gasteiger partial charge < -0.3 is 0 Å². The van der Waals surface area contributed by atoms with Crippen molar-refractivity contribution in [3.05, 3.63) is 46.8 Å². The van der Waals surface area contributed by atoms with E-state index in [1.54, 1.807) is 22.7 Å². The first-order valence-corrected chi connectivity index (χ1v) is 10.5. The summed E-state index contributed by atoms with van der Waals surface area (Å²) in [6, 6.07) is 6.94. The molecule has 0 radical (unpaired) electrons. The Morgan fingerprint density at radius 1 is 1.15 bits per heavy atom. The highest BCUT2D eigenvalue weighted by Crippen LogP contribution is 2.23. The first kappa shape index (κ1) is 18.8.